The molecular formula is C25H26N2O5. The van der Waals surface area contributed by atoms with Crippen molar-refractivity contribution in [3.63, 3.8) is 0 Å². The third kappa shape index (κ3) is 5.09. The van der Waals surface area contributed by atoms with Crippen LogP contribution in [0.1, 0.15) is 43.2 Å². The fourth-order valence-corrected chi connectivity index (χ4v) is 3.93. The summed E-state index contributed by atoms with van der Waals surface area (Å²) >= 11 is 0. The number of alkyl carbamates (subject to hydrolysis) is 1. The van der Waals surface area contributed by atoms with Crippen molar-refractivity contribution in [2.75, 3.05) is 6.61 Å². The van der Waals surface area contributed by atoms with Crippen molar-refractivity contribution in [3.8, 4) is 23.5 Å². The number of carbonyl (C=O) groups is 3. The van der Waals surface area contributed by atoms with Gasteiger partial charge in [-0.3, -0.25) is 4.79 Å². The number of carbonyl (C=O) groups excluding carboxylic acids is 2. The highest BCUT2D eigenvalue weighted by atomic mass is 16.5. The summed E-state index contributed by atoms with van der Waals surface area (Å²) in [6.45, 7) is 1.91. The van der Waals surface area contributed by atoms with Gasteiger partial charge in [0.25, 0.3) is 0 Å². The van der Waals surface area contributed by atoms with Crippen molar-refractivity contribution in [1.82, 2.24) is 10.6 Å². The van der Waals surface area contributed by atoms with Crippen LogP contribution in [-0.2, 0) is 14.3 Å². The average molecular weight is 434 g/mol. The van der Waals surface area contributed by atoms with Crippen molar-refractivity contribution < 1.29 is 24.2 Å². The predicted molar refractivity (Wildman–Crippen MR) is 120 cm³/mol. The first-order chi connectivity index (χ1) is 15.5. The molecule has 7 heteroatoms. The van der Waals surface area contributed by atoms with Gasteiger partial charge >= 0.3 is 12.1 Å². The van der Waals surface area contributed by atoms with E-state index in [1.54, 1.807) is 0 Å². The van der Waals surface area contributed by atoms with E-state index >= 15 is 0 Å². The monoisotopic (exact) mass is 434 g/mol. The lowest BCUT2D eigenvalue weighted by atomic mass is 9.98. The first kappa shape index (κ1) is 22.9. The Bertz CT molecular complexity index is 997. The van der Waals surface area contributed by atoms with Crippen molar-refractivity contribution in [1.29, 1.82) is 0 Å². The van der Waals surface area contributed by atoms with Gasteiger partial charge in [0.15, 0.2) is 0 Å². The van der Waals surface area contributed by atoms with Crippen molar-refractivity contribution >= 4 is 18.0 Å². The predicted octanol–water partition coefficient (Wildman–Crippen LogP) is 3.29. The van der Waals surface area contributed by atoms with E-state index in [1.807, 2.05) is 55.5 Å². The van der Waals surface area contributed by atoms with Crippen LogP contribution in [0.4, 0.5) is 4.79 Å². The van der Waals surface area contributed by atoms with Crippen LogP contribution in [0.15, 0.2) is 48.5 Å². The standard InChI is InChI=1S/C25H26N2O5/c1-3-9-21(23(28)26-22(10-4-2)24(29)30)27-25(31)32-15-20-18-13-7-5-11-16(18)17-12-6-8-14-19(17)20/h1,5-8,11-14,20-22H,4,9-10,15H2,2H3,(H,26,28)(H,27,31)(H,29,30)/t21?,22-/m0/s1. The molecule has 2 atom stereocenters. The Labute approximate surface area is 187 Å². The molecule has 0 fully saturated rings. The van der Waals surface area contributed by atoms with Gasteiger partial charge in [0.05, 0.1) is 0 Å². The summed E-state index contributed by atoms with van der Waals surface area (Å²) in [5, 5.41) is 14.1. The summed E-state index contributed by atoms with van der Waals surface area (Å²) in [5.74, 6) is 0.423. The highest BCUT2D eigenvalue weighted by molar-refractivity contribution is 5.89. The molecule has 2 amide bonds. The number of carboxylic acid groups (broad SMARTS) is 1. The van der Waals surface area contributed by atoms with Crippen molar-refractivity contribution in [2.45, 2.75) is 44.2 Å². The van der Waals surface area contributed by atoms with E-state index in [-0.39, 0.29) is 25.4 Å². The summed E-state index contributed by atoms with van der Waals surface area (Å²) < 4.78 is 5.45. The van der Waals surface area contributed by atoms with Gasteiger partial charge in [-0.15, -0.1) is 12.3 Å². The lowest BCUT2D eigenvalue weighted by Gasteiger charge is -2.20. The number of nitrogens with one attached hydrogen (secondary N) is 2. The Morgan fingerprint density at radius 2 is 1.62 bits per heavy atom. The molecule has 0 saturated heterocycles. The molecule has 166 valence electrons. The number of carboxylic acids is 1. The maximum Gasteiger partial charge on any atom is 0.407 e. The summed E-state index contributed by atoms with van der Waals surface area (Å²) in [6, 6.07) is 13.8. The normalized spacial score (nSPS) is 13.8. The number of fused-ring (bicyclic) bond motifs is 3. The highest BCUT2D eigenvalue weighted by Gasteiger charge is 2.30. The van der Waals surface area contributed by atoms with E-state index in [1.165, 1.54) is 0 Å². The lowest BCUT2D eigenvalue weighted by molar-refractivity contribution is -0.142. The van der Waals surface area contributed by atoms with Gasteiger partial charge in [-0.2, -0.15) is 0 Å². The van der Waals surface area contributed by atoms with Gasteiger partial charge in [0, 0.05) is 12.3 Å². The van der Waals surface area contributed by atoms with Crippen LogP contribution in [0.25, 0.3) is 11.1 Å². The zero-order valence-corrected chi connectivity index (χ0v) is 17.8. The number of terminal acetylenes is 1. The van der Waals surface area contributed by atoms with E-state index in [2.05, 4.69) is 16.6 Å². The molecule has 0 heterocycles. The third-order valence-corrected chi connectivity index (χ3v) is 5.47. The van der Waals surface area contributed by atoms with Crippen LogP contribution >= 0.6 is 0 Å². The van der Waals surface area contributed by atoms with Crippen LogP contribution in [0.2, 0.25) is 0 Å². The van der Waals surface area contributed by atoms with Gasteiger partial charge in [-0.25, -0.2) is 9.59 Å². The first-order valence-corrected chi connectivity index (χ1v) is 10.5. The molecule has 7 nitrogen and oxygen atoms in total. The van der Waals surface area contributed by atoms with Gasteiger partial charge in [0.1, 0.15) is 18.7 Å². The van der Waals surface area contributed by atoms with E-state index in [4.69, 9.17) is 11.2 Å². The highest BCUT2D eigenvalue weighted by Crippen LogP contribution is 2.44. The molecule has 0 saturated carbocycles. The molecule has 0 aliphatic heterocycles. The van der Waals surface area contributed by atoms with Crippen molar-refractivity contribution in [2.24, 2.45) is 0 Å². The molecule has 3 N–H and O–H groups in total. The SMILES string of the molecule is C#CCC(NC(=O)OCC1c2ccccc2-c2ccccc21)C(=O)N[C@@H](CCC)C(=O)O. The lowest BCUT2D eigenvalue weighted by Crippen LogP contribution is -2.51. The maximum atomic E-state index is 12.5. The Kier molecular flexibility index (Phi) is 7.50. The Morgan fingerprint density at radius 1 is 1.03 bits per heavy atom. The van der Waals surface area contributed by atoms with E-state index in [9.17, 15) is 19.5 Å². The Hall–Kier alpha value is -3.79. The third-order valence-electron chi connectivity index (χ3n) is 5.47. The van der Waals surface area contributed by atoms with Crippen LogP contribution < -0.4 is 10.6 Å². The number of ether oxygens (including phenoxy) is 1. The Balaban J connectivity index is 1.65. The molecule has 0 spiro atoms. The molecule has 1 aliphatic carbocycles. The topological polar surface area (TPSA) is 105 Å². The van der Waals surface area contributed by atoms with E-state index in [0.717, 1.165) is 22.3 Å². The van der Waals surface area contributed by atoms with Crippen molar-refractivity contribution in [3.05, 3.63) is 59.7 Å². The second-order valence-electron chi connectivity index (χ2n) is 7.62. The summed E-state index contributed by atoms with van der Waals surface area (Å²) in [5.41, 5.74) is 4.36. The number of rotatable bonds is 9. The quantitative estimate of drug-likeness (QED) is 0.526. The van der Waals surface area contributed by atoms with E-state index < -0.39 is 30.1 Å². The van der Waals surface area contributed by atoms with E-state index in [0.29, 0.717) is 6.42 Å². The van der Waals surface area contributed by atoms with Gasteiger partial charge in [-0.1, -0.05) is 61.9 Å². The minimum Gasteiger partial charge on any atom is -0.480 e. The fraction of sp³-hybridized carbons (Fsp3) is 0.320. The summed E-state index contributed by atoms with van der Waals surface area (Å²) in [7, 11) is 0. The summed E-state index contributed by atoms with van der Waals surface area (Å²) in [6.07, 6.45) is 5.31. The number of aliphatic carboxylic acids is 1. The van der Waals surface area contributed by atoms with Crippen LogP contribution in [-0.4, -0.2) is 41.8 Å². The van der Waals surface area contributed by atoms with Crippen LogP contribution in [0, 0.1) is 12.3 Å². The van der Waals surface area contributed by atoms with Gasteiger partial charge in [0.2, 0.25) is 5.91 Å². The number of benzene rings is 2. The van der Waals surface area contributed by atoms with Gasteiger partial charge in [-0.05, 0) is 28.7 Å². The molecule has 1 aliphatic rings. The molecule has 0 bridgehead atoms. The molecule has 3 rings (SSSR count). The molecular weight excluding hydrogens is 408 g/mol. The first-order valence-electron chi connectivity index (χ1n) is 10.5. The Morgan fingerprint density at radius 3 is 2.16 bits per heavy atom. The minimum atomic E-state index is -1.14. The smallest absolute Gasteiger partial charge is 0.407 e. The zero-order chi connectivity index (χ0) is 23.1. The summed E-state index contributed by atoms with van der Waals surface area (Å²) in [4.78, 5) is 36.3. The van der Waals surface area contributed by atoms with Crippen LogP contribution in [0.3, 0.4) is 0 Å². The fourth-order valence-electron chi connectivity index (χ4n) is 3.93. The number of amides is 2. The molecule has 0 radical (unpaired) electrons. The molecule has 2 aromatic rings. The maximum absolute atomic E-state index is 12.5. The average Bonchev–Trinajstić information content (AvgIpc) is 3.10. The van der Waals surface area contributed by atoms with Crippen LogP contribution in [0.5, 0.6) is 0 Å². The number of hydrogen-bond acceptors (Lipinski definition) is 4. The second-order valence-corrected chi connectivity index (χ2v) is 7.62. The second kappa shape index (κ2) is 10.5. The minimum absolute atomic E-state index is 0.0888. The molecule has 32 heavy (non-hydrogen) atoms. The molecule has 0 aromatic heterocycles. The largest absolute Gasteiger partial charge is 0.480 e. The molecule has 2 aromatic carbocycles. The number of hydrogen-bond donors (Lipinski definition) is 3. The molecule has 1 unspecified atom stereocenters. The van der Waals surface area contributed by atoms with Gasteiger partial charge < -0.3 is 20.5 Å². The zero-order valence-electron chi connectivity index (χ0n) is 17.8.